The van der Waals surface area contributed by atoms with Gasteiger partial charge in [-0.05, 0) is 12.1 Å². The highest BCUT2D eigenvalue weighted by atomic mass is 16.5. The van der Waals surface area contributed by atoms with E-state index in [4.69, 9.17) is 4.74 Å². The minimum absolute atomic E-state index is 0.0305. The lowest BCUT2D eigenvalue weighted by Gasteiger charge is -2.35. The van der Waals surface area contributed by atoms with E-state index in [-0.39, 0.29) is 12.6 Å². The first-order valence-corrected chi connectivity index (χ1v) is 6.05. The number of hydrogen-bond acceptors (Lipinski definition) is 5. The second-order valence-electron chi connectivity index (χ2n) is 4.32. The number of morpholine rings is 1. The van der Waals surface area contributed by atoms with Crippen LogP contribution in [0.1, 0.15) is 0 Å². The maximum atomic E-state index is 9.43. The van der Waals surface area contributed by atoms with Gasteiger partial charge in [-0.1, -0.05) is 12.1 Å². The molecule has 18 heavy (non-hydrogen) atoms. The summed E-state index contributed by atoms with van der Waals surface area (Å²) in [7, 11) is 0. The lowest BCUT2D eigenvalue weighted by molar-refractivity contribution is 0.0724. The Morgan fingerprint density at radius 2 is 2.22 bits per heavy atom. The van der Waals surface area contributed by atoms with E-state index >= 15 is 0 Å². The quantitative estimate of drug-likeness (QED) is 0.849. The minimum atomic E-state index is -0.0305. The first kappa shape index (κ1) is 11.4. The lowest BCUT2D eigenvalue weighted by atomic mass is 10.2. The average Bonchev–Trinajstić information content (AvgIpc) is 2.46. The van der Waals surface area contributed by atoms with Crippen LogP contribution in [0.15, 0.2) is 30.6 Å². The van der Waals surface area contributed by atoms with Crippen molar-refractivity contribution in [2.24, 2.45) is 0 Å². The number of aliphatic hydroxyl groups excluding tert-OH is 1. The number of anilines is 1. The summed E-state index contributed by atoms with van der Waals surface area (Å²) in [5.41, 5.74) is 0.922. The largest absolute Gasteiger partial charge is 0.394 e. The average molecular weight is 245 g/mol. The minimum Gasteiger partial charge on any atom is -0.394 e. The van der Waals surface area contributed by atoms with Crippen LogP contribution in [0.25, 0.3) is 10.9 Å². The molecular weight excluding hydrogens is 230 g/mol. The molecule has 1 aromatic carbocycles. The number of nitrogens with zero attached hydrogens (tertiary/aromatic N) is 3. The van der Waals surface area contributed by atoms with Gasteiger partial charge in [0.2, 0.25) is 0 Å². The number of aliphatic hydroxyl groups is 1. The van der Waals surface area contributed by atoms with Gasteiger partial charge in [0.1, 0.15) is 12.1 Å². The zero-order valence-corrected chi connectivity index (χ0v) is 9.99. The van der Waals surface area contributed by atoms with E-state index in [1.54, 1.807) is 6.33 Å². The van der Waals surface area contributed by atoms with E-state index in [0.717, 1.165) is 23.3 Å². The summed E-state index contributed by atoms with van der Waals surface area (Å²) >= 11 is 0. The van der Waals surface area contributed by atoms with Crippen molar-refractivity contribution in [1.82, 2.24) is 9.97 Å². The van der Waals surface area contributed by atoms with Crippen LogP contribution in [-0.2, 0) is 4.74 Å². The Kier molecular flexibility index (Phi) is 3.08. The fraction of sp³-hybridized carbons (Fsp3) is 0.385. The van der Waals surface area contributed by atoms with Crippen molar-refractivity contribution in [3.05, 3.63) is 30.6 Å². The lowest BCUT2D eigenvalue weighted by Crippen LogP contribution is -2.48. The second kappa shape index (κ2) is 4.88. The van der Waals surface area contributed by atoms with E-state index in [2.05, 4.69) is 14.9 Å². The maximum Gasteiger partial charge on any atom is 0.140 e. The molecule has 2 heterocycles. The Hall–Kier alpha value is -1.72. The second-order valence-corrected chi connectivity index (χ2v) is 4.32. The van der Waals surface area contributed by atoms with E-state index in [1.807, 2.05) is 24.3 Å². The summed E-state index contributed by atoms with van der Waals surface area (Å²) in [6.45, 7) is 2.01. The predicted octanol–water partition coefficient (Wildman–Crippen LogP) is 0.827. The highest BCUT2D eigenvalue weighted by molar-refractivity contribution is 5.89. The van der Waals surface area contributed by atoms with Crippen molar-refractivity contribution in [3.8, 4) is 0 Å². The highest BCUT2D eigenvalue weighted by Gasteiger charge is 2.24. The van der Waals surface area contributed by atoms with Gasteiger partial charge < -0.3 is 14.7 Å². The molecule has 1 N–H and O–H groups in total. The summed E-state index contributed by atoms with van der Waals surface area (Å²) in [4.78, 5) is 10.7. The summed E-state index contributed by atoms with van der Waals surface area (Å²) in [6.07, 6.45) is 1.57. The Balaban J connectivity index is 2.07. The summed E-state index contributed by atoms with van der Waals surface area (Å²) in [6, 6.07) is 7.88. The van der Waals surface area contributed by atoms with Gasteiger partial charge in [0.15, 0.2) is 0 Å². The molecule has 1 saturated heterocycles. The number of aromatic nitrogens is 2. The molecular formula is C13H15N3O2. The SMILES string of the molecule is OCC1COCCN1c1ncnc2ccccc12. The summed E-state index contributed by atoms with van der Waals surface area (Å²) < 4.78 is 5.39. The number of hydrogen-bond donors (Lipinski definition) is 1. The van der Waals surface area contributed by atoms with Crippen molar-refractivity contribution < 1.29 is 9.84 Å². The van der Waals surface area contributed by atoms with Crippen molar-refractivity contribution in [3.63, 3.8) is 0 Å². The van der Waals surface area contributed by atoms with Crippen LogP contribution in [0.5, 0.6) is 0 Å². The van der Waals surface area contributed by atoms with Crippen molar-refractivity contribution >= 4 is 16.7 Å². The Morgan fingerprint density at radius 1 is 1.33 bits per heavy atom. The molecule has 1 aromatic heterocycles. The first-order chi connectivity index (χ1) is 8.90. The van der Waals surface area contributed by atoms with E-state index in [9.17, 15) is 5.11 Å². The third-order valence-corrected chi connectivity index (χ3v) is 3.23. The molecule has 0 spiro atoms. The zero-order valence-electron chi connectivity index (χ0n) is 9.99. The molecule has 1 unspecified atom stereocenters. The standard InChI is InChI=1S/C13H15N3O2/c17-7-10-8-18-6-5-16(10)13-11-3-1-2-4-12(11)14-9-15-13/h1-4,9-10,17H,5-8H2. The monoisotopic (exact) mass is 245 g/mol. The Labute approximate surface area is 105 Å². The molecule has 2 aromatic rings. The summed E-state index contributed by atoms with van der Waals surface area (Å²) in [5.74, 6) is 0.878. The molecule has 1 fully saturated rings. The van der Waals surface area contributed by atoms with Crippen LogP contribution >= 0.6 is 0 Å². The fourth-order valence-electron chi connectivity index (χ4n) is 2.30. The van der Waals surface area contributed by atoms with Crippen molar-refractivity contribution in [2.75, 3.05) is 31.3 Å². The number of ether oxygens (including phenoxy) is 1. The molecule has 0 amide bonds. The third kappa shape index (κ3) is 1.91. The van der Waals surface area contributed by atoms with E-state index < -0.39 is 0 Å². The highest BCUT2D eigenvalue weighted by Crippen LogP contribution is 2.25. The fourth-order valence-corrected chi connectivity index (χ4v) is 2.30. The molecule has 0 saturated carbocycles. The molecule has 1 atom stereocenters. The summed E-state index contributed by atoms with van der Waals surface area (Å²) in [5, 5.41) is 10.4. The predicted molar refractivity (Wildman–Crippen MR) is 68.6 cm³/mol. The van der Waals surface area contributed by atoms with Gasteiger partial charge in [-0.3, -0.25) is 0 Å². The van der Waals surface area contributed by atoms with Gasteiger partial charge >= 0.3 is 0 Å². The molecule has 0 bridgehead atoms. The van der Waals surface area contributed by atoms with Crippen molar-refractivity contribution in [1.29, 1.82) is 0 Å². The third-order valence-electron chi connectivity index (χ3n) is 3.23. The van der Waals surface area contributed by atoms with Crippen LogP contribution in [0.3, 0.4) is 0 Å². The molecule has 1 aliphatic rings. The number of benzene rings is 1. The van der Waals surface area contributed by atoms with Crippen LogP contribution in [0.2, 0.25) is 0 Å². The molecule has 3 rings (SSSR count). The van der Waals surface area contributed by atoms with Gasteiger partial charge in [0, 0.05) is 11.9 Å². The van der Waals surface area contributed by atoms with Crippen LogP contribution in [-0.4, -0.2) is 47.5 Å². The molecule has 0 radical (unpaired) electrons. The first-order valence-electron chi connectivity index (χ1n) is 6.05. The van der Waals surface area contributed by atoms with Gasteiger partial charge in [0.05, 0.1) is 31.4 Å². The van der Waals surface area contributed by atoms with E-state index in [1.165, 1.54) is 0 Å². The van der Waals surface area contributed by atoms with Gasteiger partial charge in [-0.15, -0.1) is 0 Å². The Morgan fingerprint density at radius 3 is 3.11 bits per heavy atom. The van der Waals surface area contributed by atoms with Crippen molar-refractivity contribution in [2.45, 2.75) is 6.04 Å². The maximum absolute atomic E-state index is 9.43. The molecule has 5 nitrogen and oxygen atoms in total. The Bertz CT molecular complexity index is 541. The van der Waals surface area contributed by atoms with Gasteiger partial charge in [0.25, 0.3) is 0 Å². The van der Waals surface area contributed by atoms with E-state index in [0.29, 0.717) is 13.2 Å². The number of rotatable bonds is 2. The van der Waals surface area contributed by atoms with Crippen LogP contribution < -0.4 is 4.90 Å². The smallest absolute Gasteiger partial charge is 0.140 e. The molecule has 5 heteroatoms. The van der Waals surface area contributed by atoms with Gasteiger partial charge in [-0.2, -0.15) is 0 Å². The van der Waals surface area contributed by atoms with Gasteiger partial charge in [-0.25, -0.2) is 9.97 Å². The molecule has 1 aliphatic heterocycles. The number of fused-ring (bicyclic) bond motifs is 1. The molecule has 0 aliphatic carbocycles. The van der Waals surface area contributed by atoms with Crippen LogP contribution in [0.4, 0.5) is 5.82 Å². The molecule has 94 valence electrons. The normalized spacial score (nSPS) is 20.3. The number of para-hydroxylation sites is 1. The topological polar surface area (TPSA) is 58.5 Å². The zero-order chi connectivity index (χ0) is 12.4. The van der Waals surface area contributed by atoms with Crippen LogP contribution in [0, 0.1) is 0 Å².